The summed E-state index contributed by atoms with van der Waals surface area (Å²) < 4.78 is 10.4. The van der Waals surface area contributed by atoms with Crippen molar-refractivity contribution in [3.63, 3.8) is 0 Å². The van der Waals surface area contributed by atoms with E-state index < -0.39 is 41.7 Å². The Balaban J connectivity index is 1.42. The second-order valence-corrected chi connectivity index (χ2v) is 13.8. The molecule has 0 radical (unpaired) electrons. The molecule has 3 amide bonds. The zero-order valence-corrected chi connectivity index (χ0v) is 27.3. The first kappa shape index (κ1) is 30.8. The molecule has 6 rings (SSSR count). The van der Waals surface area contributed by atoms with Crippen LogP contribution in [0.1, 0.15) is 45.7 Å². The molecule has 0 atom stereocenters. The molecule has 0 saturated heterocycles. The molecule has 12 heteroatoms. The molecule has 0 aromatic heterocycles. The highest BCUT2D eigenvalue weighted by molar-refractivity contribution is 8.29. The number of ether oxygens (including phenoxy) is 2. The third kappa shape index (κ3) is 4.79. The minimum absolute atomic E-state index is 0.0852. The Bertz CT molecular complexity index is 1900. The standard InChI is InChI=1S/C33H26N2O7S3/c1-16-12-13-18-21(14-16)35(22(36)15-34-28(37)19-10-6-8-17-9-7-11-20(23(17)19)29(34)38)33(2,3)27(43)24(18)32-44-25(30(39)41-4)26(45-32)31(40)42-5/h6-14H,15H2,1-5H3. The molecule has 228 valence electrons. The lowest BCUT2D eigenvalue weighted by Gasteiger charge is -2.46. The SMILES string of the molecule is COC(=O)C1=C(C(=O)OC)SC(=C2C(=S)C(C)(C)N(C(=O)CN3C(=O)c4cccc5cccc(c45)C3=O)c3cc(C)ccc32)S1. The molecule has 9 nitrogen and oxygen atoms in total. The van der Waals surface area contributed by atoms with E-state index in [-0.39, 0.29) is 9.81 Å². The maximum Gasteiger partial charge on any atom is 0.346 e. The van der Waals surface area contributed by atoms with E-state index >= 15 is 0 Å². The zero-order valence-electron chi connectivity index (χ0n) is 24.9. The highest BCUT2D eigenvalue weighted by Crippen LogP contribution is 2.56. The van der Waals surface area contributed by atoms with Gasteiger partial charge in [0.2, 0.25) is 5.91 Å². The predicted octanol–water partition coefficient (Wildman–Crippen LogP) is 5.65. The molecule has 3 aromatic carbocycles. The summed E-state index contributed by atoms with van der Waals surface area (Å²) in [6, 6.07) is 16.0. The van der Waals surface area contributed by atoms with Gasteiger partial charge in [-0.2, -0.15) is 0 Å². The highest BCUT2D eigenvalue weighted by Gasteiger charge is 2.47. The Labute approximate surface area is 272 Å². The largest absolute Gasteiger partial charge is 0.465 e. The first-order valence-electron chi connectivity index (χ1n) is 13.8. The van der Waals surface area contributed by atoms with Gasteiger partial charge in [-0.15, -0.1) is 0 Å². The number of benzene rings is 3. The fourth-order valence-corrected chi connectivity index (χ4v) is 8.84. The smallest absolute Gasteiger partial charge is 0.346 e. The molecule has 3 heterocycles. The van der Waals surface area contributed by atoms with E-state index in [0.29, 0.717) is 42.4 Å². The topological polar surface area (TPSA) is 110 Å². The van der Waals surface area contributed by atoms with Crippen LogP contribution >= 0.6 is 35.7 Å². The van der Waals surface area contributed by atoms with E-state index in [2.05, 4.69) is 0 Å². The van der Waals surface area contributed by atoms with Gasteiger partial charge in [0.1, 0.15) is 16.4 Å². The Morgan fingerprint density at radius 2 is 1.40 bits per heavy atom. The van der Waals surface area contributed by atoms with E-state index in [0.717, 1.165) is 39.4 Å². The van der Waals surface area contributed by atoms with Crippen LogP contribution in [-0.4, -0.2) is 65.7 Å². The highest BCUT2D eigenvalue weighted by atomic mass is 32.2. The van der Waals surface area contributed by atoms with Crippen molar-refractivity contribution in [2.75, 3.05) is 25.7 Å². The summed E-state index contributed by atoms with van der Waals surface area (Å²) in [7, 11) is 2.46. The normalized spacial score (nSPS) is 17.2. The number of anilines is 1. The quantitative estimate of drug-likeness (QED) is 0.151. The van der Waals surface area contributed by atoms with Crippen LogP contribution in [0.25, 0.3) is 16.3 Å². The first-order valence-corrected chi connectivity index (χ1v) is 15.8. The van der Waals surface area contributed by atoms with Gasteiger partial charge in [-0.25, -0.2) is 9.59 Å². The van der Waals surface area contributed by atoms with Gasteiger partial charge in [0, 0.05) is 27.6 Å². The maximum atomic E-state index is 14.3. The number of aryl methyl sites for hydroxylation is 1. The molecular weight excluding hydrogens is 633 g/mol. The number of thiocarbonyl (C=S) groups is 1. The minimum Gasteiger partial charge on any atom is -0.465 e. The van der Waals surface area contributed by atoms with Crippen LogP contribution in [-0.2, 0) is 23.9 Å². The van der Waals surface area contributed by atoms with Crippen LogP contribution in [0.5, 0.6) is 0 Å². The summed E-state index contributed by atoms with van der Waals surface area (Å²) in [5, 5.41) is 1.35. The van der Waals surface area contributed by atoms with Crippen molar-refractivity contribution in [1.29, 1.82) is 0 Å². The van der Waals surface area contributed by atoms with Crippen LogP contribution in [0.3, 0.4) is 0 Å². The molecule has 0 spiro atoms. The van der Waals surface area contributed by atoms with Crippen LogP contribution in [0, 0.1) is 6.92 Å². The van der Waals surface area contributed by atoms with Gasteiger partial charge in [0.05, 0.1) is 34.5 Å². The summed E-state index contributed by atoms with van der Waals surface area (Å²) in [6.07, 6.45) is 0. The Hall–Kier alpha value is -4.26. The number of carbonyl (C=O) groups excluding carboxylic acids is 5. The average molecular weight is 659 g/mol. The maximum absolute atomic E-state index is 14.3. The molecule has 0 saturated carbocycles. The first-order chi connectivity index (χ1) is 21.4. The van der Waals surface area contributed by atoms with E-state index in [1.165, 1.54) is 19.1 Å². The van der Waals surface area contributed by atoms with Gasteiger partial charge in [-0.05, 0) is 49.9 Å². The van der Waals surface area contributed by atoms with E-state index in [1.54, 1.807) is 38.1 Å². The van der Waals surface area contributed by atoms with Crippen molar-refractivity contribution in [1.82, 2.24) is 4.90 Å². The number of carbonyl (C=O) groups is 5. The number of hydrogen-bond acceptors (Lipinski definition) is 10. The van der Waals surface area contributed by atoms with E-state index in [1.807, 2.05) is 37.3 Å². The Kier molecular flexibility index (Phi) is 7.70. The van der Waals surface area contributed by atoms with Gasteiger partial charge in [-0.3, -0.25) is 24.2 Å². The monoisotopic (exact) mass is 658 g/mol. The van der Waals surface area contributed by atoms with E-state index in [9.17, 15) is 24.0 Å². The van der Waals surface area contributed by atoms with Gasteiger partial charge in [-0.1, -0.05) is 72.1 Å². The lowest BCUT2D eigenvalue weighted by molar-refractivity contribution is -0.138. The van der Waals surface area contributed by atoms with Crippen LogP contribution in [0.2, 0.25) is 0 Å². The van der Waals surface area contributed by atoms with Crippen molar-refractivity contribution >= 4 is 92.3 Å². The van der Waals surface area contributed by atoms with Crippen LogP contribution in [0.4, 0.5) is 5.69 Å². The molecule has 0 N–H and O–H groups in total. The number of hydrogen-bond donors (Lipinski definition) is 0. The molecule has 0 bridgehead atoms. The van der Waals surface area contributed by atoms with Crippen LogP contribution < -0.4 is 4.90 Å². The summed E-state index contributed by atoms with van der Waals surface area (Å²) in [5.41, 5.74) is 2.18. The lowest BCUT2D eigenvalue weighted by Crippen LogP contribution is -2.59. The molecular formula is C33H26N2O7S3. The Morgan fingerprint density at radius 3 is 1.93 bits per heavy atom. The Morgan fingerprint density at radius 1 is 0.844 bits per heavy atom. The lowest BCUT2D eigenvalue weighted by atomic mass is 9.82. The van der Waals surface area contributed by atoms with Gasteiger partial charge < -0.3 is 9.47 Å². The fraction of sp³-hybridized carbons (Fsp3) is 0.212. The summed E-state index contributed by atoms with van der Waals surface area (Å²) in [6.45, 7) is 4.96. The summed E-state index contributed by atoms with van der Waals surface area (Å²) in [4.78, 5) is 69.8. The molecule has 3 aromatic rings. The number of thioether (sulfide) groups is 2. The number of nitrogens with zero attached hydrogens (tertiary/aromatic N) is 2. The van der Waals surface area contributed by atoms with Crippen molar-refractivity contribution in [2.24, 2.45) is 0 Å². The number of rotatable bonds is 4. The molecule has 0 fully saturated rings. The molecule has 45 heavy (non-hydrogen) atoms. The number of fused-ring (bicyclic) bond motifs is 1. The van der Waals surface area contributed by atoms with Crippen molar-refractivity contribution in [2.45, 2.75) is 26.3 Å². The number of esters is 2. The van der Waals surface area contributed by atoms with Crippen molar-refractivity contribution < 1.29 is 33.4 Å². The van der Waals surface area contributed by atoms with Gasteiger partial charge in [0.15, 0.2) is 0 Å². The van der Waals surface area contributed by atoms with Gasteiger partial charge in [0.25, 0.3) is 11.8 Å². The van der Waals surface area contributed by atoms with Gasteiger partial charge >= 0.3 is 11.9 Å². The third-order valence-corrected chi connectivity index (χ3v) is 11.2. The molecule has 0 unspecified atom stereocenters. The number of amides is 3. The summed E-state index contributed by atoms with van der Waals surface area (Å²) >= 11 is 8.16. The van der Waals surface area contributed by atoms with Crippen molar-refractivity contribution in [3.05, 3.63) is 90.9 Å². The minimum atomic E-state index is -1.12. The summed E-state index contributed by atoms with van der Waals surface area (Å²) in [5.74, 6) is -2.95. The molecule has 3 aliphatic rings. The average Bonchev–Trinajstić information content (AvgIpc) is 3.46. The van der Waals surface area contributed by atoms with E-state index in [4.69, 9.17) is 21.7 Å². The zero-order chi connectivity index (χ0) is 32.4. The second-order valence-electron chi connectivity index (χ2n) is 11.1. The molecule has 3 aliphatic heterocycles. The fourth-order valence-electron chi connectivity index (χ4n) is 5.80. The van der Waals surface area contributed by atoms with Crippen molar-refractivity contribution in [3.8, 4) is 0 Å². The number of methoxy groups -OCH3 is 2. The third-order valence-electron chi connectivity index (χ3n) is 7.95. The second kappa shape index (κ2) is 11.3. The van der Waals surface area contributed by atoms with Crippen LogP contribution in [0.15, 0.2) is 68.6 Å². The molecule has 0 aliphatic carbocycles. The predicted molar refractivity (Wildman–Crippen MR) is 178 cm³/mol. The number of imide groups is 1.